The van der Waals surface area contributed by atoms with Gasteiger partial charge in [-0.25, -0.2) is 4.68 Å². The van der Waals surface area contributed by atoms with Crippen LogP contribution in [0.1, 0.15) is 0 Å². The van der Waals surface area contributed by atoms with Crippen molar-refractivity contribution in [3.8, 4) is 12.3 Å². The maximum absolute atomic E-state index is 10.3. The van der Waals surface area contributed by atoms with E-state index in [0.29, 0.717) is 10.9 Å². The first-order chi connectivity index (χ1) is 6.24. The Labute approximate surface area is 78.3 Å². The fraction of sp³-hybridized carbons (Fsp3) is 0.333. The molecule has 0 bridgehead atoms. The third kappa shape index (κ3) is 2.76. The Morgan fingerprint density at radius 3 is 3.15 bits per heavy atom. The van der Waals surface area contributed by atoms with Crippen LogP contribution in [0.15, 0.2) is 5.16 Å². The summed E-state index contributed by atoms with van der Waals surface area (Å²) in [5, 5.41) is 19.3. The van der Waals surface area contributed by atoms with Gasteiger partial charge in [-0.3, -0.25) is 4.79 Å². The standard InChI is InChI=1S/C6H6N4O2S/c1-2-3-13-6-7-8-9-10(6)4-5(11)12/h1H,3-4H2,(H,11,12). The van der Waals surface area contributed by atoms with E-state index in [2.05, 4.69) is 21.4 Å². The Kier molecular flexibility index (Phi) is 3.28. The minimum absolute atomic E-state index is 0.250. The normalized spacial score (nSPS) is 9.46. The van der Waals surface area contributed by atoms with Gasteiger partial charge in [0.2, 0.25) is 5.16 Å². The highest BCUT2D eigenvalue weighted by atomic mass is 32.2. The van der Waals surface area contributed by atoms with Crippen molar-refractivity contribution in [2.45, 2.75) is 11.7 Å². The minimum atomic E-state index is -0.991. The minimum Gasteiger partial charge on any atom is -0.480 e. The lowest BCUT2D eigenvalue weighted by Gasteiger charge is -1.97. The van der Waals surface area contributed by atoms with Gasteiger partial charge in [-0.2, -0.15) is 0 Å². The Hall–Kier alpha value is -1.55. The molecule has 0 saturated carbocycles. The number of hydrogen-bond acceptors (Lipinski definition) is 5. The van der Waals surface area contributed by atoms with E-state index >= 15 is 0 Å². The van der Waals surface area contributed by atoms with Crippen molar-refractivity contribution in [2.24, 2.45) is 0 Å². The van der Waals surface area contributed by atoms with E-state index in [0.717, 1.165) is 0 Å². The molecular weight excluding hydrogens is 192 g/mol. The maximum Gasteiger partial charge on any atom is 0.325 e. The van der Waals surface area contributed by atoms with Crippen LogP contribution in [-0.2, 0) is 11.3 Å². The number of terminal acetylenes is 1. The highest BCUT2D eigenvalue weighted by Crippen LogP contribution is 2.11. The molecule has 13 heavy (non-hydrogen) atoms. The number of thioether (sulfide) groups is 1. The van der Waals surface area contributed by atoms with Crippen molar-refractivity contribution in [3.05, 3.63) is 0 Å². The zero-order chi connectivity index (χ0) is 9.68. The zero-order valence-electron chi connectivity index (χ0n) is 6.54. The molecule has 68 valence electrons. The van der Waals surface area contributed by atoms with Crippen LogP contribution in [0.5, 0.6) is 0 Å². The summed E-state index contributed by atoms with van der Waals surface area (Å²) in [7, 11) is 0. The summed E-state index contributed by atoms with van der Waals surface area (Å²) in [6.45, 7) is -0.250. The van der Waals surface area contributed by atoms with Crippen LogP contribution < -0.4 is 0 Å². The van der Waals surface area contributed by atoms with E-state index in [1.165, 1.54) is 16.4 Å². The Morgan fingerprint density at radius 1 is 1.77 bits per heavy atom. The van der Waals surface area contributed by atoms with E-state index in [9.17, 15) is 4.79 Å². The quantitative estimate of drug-likeness (QED) is 0.518. The number of aromatic nitrogens is 4. The number of carboxylic acids is 1. The molecule has 1 aromatic heterocycles. The molecule has 0 unspecified atom stereocenters. The summed E-state index contributed by atoms with van der Waals surface area (Å²) in [6, 6.07) is 0. The maximum atomic E-state index is 10.3. The molecule has 0 saturated heterocycles. The molecule has 6 nitrogen and oxygen atoms in total. The topological polar surface area (TPSA) is 80.9 Å². The van der Waals surface area contributed by atoms with Gasteiger partial charge in [0, 0.05) is 0 Å². The molecule has 0 aliphatic heterocycles. The molecule has 1 rings (SSSR count). The SMILES string of the molecule is C#CCSc1nnnn1CC(=O)O. The summed E-state index contributed by atoms with van der Waals surface area (Å²) in [5.41, 5.74) is 0. The third-order valence-electron chi connectivity index (χ3n) is 1.07. The van der Waals surface area contributed by atoms with Gasteiger partial charge in [0.05, 0.1) is 5.75 Å². The average molecular weight is 198 g/mol. The van der Waals surface area contributed by atoms with Gasteiger partial charge in [0.15, 0.2) is 0 Å². The van der Waals surface area contributed by atoms with E-state index in [1.54, 1.807) is 0 Å². The number of nitrogens with zero attached hydrogens (tertiary/aromatic N) is 4. The first-order valence-electron chi connectivity index (χ1n) is 3.28. The smallest absolute Gasteiger partial charge is 0.325 e. The number of carboxylic acid groups (broad SMARTS) is 1. The second-order valence-electron chi connectivity index (χ2n) is 2.01. The van der Waals surface area contributed by atoms with Crippen molar-refractivity contribution >= 4 is 17.7 Å². The molecule has 1 N–H and O–H groups in total. The molecule has 1 heterocycles. The highest BCUT2D eigenvalue weighted by Gasteiger charge is 2.08. The Balaban J connectivity index is 2.66. The van der Waals surface area contributed by atoms with Gasteiger partial charge in [-0.15, -0.1) is 11.5 Å². The second-order valence-corrected chi connectivity index (χ2v) is 2.95. The number of carbonyl (C=O) groups is 1. The summed E-state index contributed by atoms with van der Waals surface area (Å²) in [5.74, 6) is 1.82. The van der Waals surface area contributed by atoms with Crippen LogP contribution in [0.25, 0.3) is 0 Å². The summed E-state index contributed by atoms with van der Waals surface area (Å²) in [4.78, 5) is 10.3. The first-order valence-corrected chi connectivity index (χ1v) is 4.27. The van der Waals surface area contributed by atoms with Crippen molar-refractivity contribution in [1.82, 2.24) is 20.2 Å². The number of hydrogen-bond donors (Lipinski definition) is 1. The molecule has 0 atom stereocenters. The van der Waals surface area contributed by atoms with Crippen LogP contribution >= 0.6 is 11.8 Å². The molecule has 1 aromatic rings. The van der Waals surface area contributed by atoms with E-state index < -0.39 is 5.97 Å². The summed E-state index contributed by atoms with van der Waals surface area (Å²) < 4.78 is 1.18. The molecule has 0 amide bonds. The van der Waals surface area contributed by atoms with Crippen molar-refractivity contribution in [2.75, 3.05) is 5.75 Å². The van der Waals surface area contributed by atoms with Crippen LogP contribution in [0.2, 0.25) is 0 Å². The van der Waals surface area contributed by atoms with Crippen LogP contribution in [0.4, 0.5) is 0 Å². The summed E-state index contributed by atoms with van der Waals surface area (Å²) in [6.07, 6.45) is 5.03. The first kappa shape index (κ1) is 9.54. The predicted octanol–water partition coefficient (Wildman–Crippen LogP) is -0.517. The number of tetrazole rings is 1. The van der Waals surface area contributed by atoms with Crippen molar-refractivity contribution < 1.29 is 9.90 Å². The van der Waals surface area contributed by atoms with E-state index in [1.807, 2.05) is 0 Å². The van der Waals surface area contributed by atoms with Crippen molar-refractivity contribution in [1.29, 1.82) is 0 Å². The highest BCUT2D eigenvalue weighted by molar-refractivity contribution is 7.99. The van der Waals surface area contributed by atoms with E-state index in [4.69, 9.17) is 11.5 Å². The van der Waals surface area contributed by atoms with Gasteiger partial charge >= 0.3 is 5.97 Å². The summed E-state index contributed by atoms with van der Waals surface area (Å²) >= 11 is 1.22. The predicted molar refractivity (Wildman–Crippen MR) is 45.0 cm³/mol. The fourth-order valence-electron chi connectivity index (χ4n) is 0.633. The van der Waals surface area contributed by atoms with Gasteiger partial charge in [-0.05, 0) is 10.4 Å². The lowest BCUT2D eigenvalue weighted by Crippen LogP contribution is -2.11. The monoisotopic (exact) mass is 198 g/mol. The molecule has 0 aliphatic carbocycles. The average Bonchev–Trinajstić information content (AvgIpc) is 2.48. The largest absolute Gasteiger partial charge is 0.480 e. The lowest BCUT2D eigenvalue weighted by molar-refractivity contribution is -0.138. The molecule has 0 fully saturated rings. The zero-order valence-corrected chi connectivity index (χ0v) is 7.36. The molecule has 0 aliphatic rings. The molecule has 0 radical (unpaired) electrons. The molecular formula is C6H6N4O2S. The second kappa shape index (κ2) is 4.47. The van der Waals surface area contributed by atoms with Gasteiger partial charge in [0.1, 0.15) is 6.54 Å². The third-order valence-corrected chi connectivity index (χ3v) is 1.93. The lowest BCUT2D eigenvalue weighted by atomic mass is 10.7. The number of aliphatic carboxylic acids is 1. The fourth-order valence-corrected chi connectivity index (χ4v) is 1.19. The van der Waals surface area contributed by atoms with E-state index in [-0.39, 0.29) is 6.54 Å². The molecule has 7 heteroatoms. The van der Waals surface area contributed by atoms with Gasteiger partial charge in [-0.1, -0.05) is 17.7 Å². The Morgan fingerprint density at radius 2 is 2.54 bits per heavy atom. The molecule has 0 spiro atoms. The molecule has 0 aromatic carbocycles. The van der Waals surface area contributed by atoms with Crippen LogP contribution in [0.3, 0.4) is 0 Å². The van der Waals surface area contributed by atoms with Gasteiger partial charge in [0.25, 0.3) is 0 Å². The number of rotatable bonds is 4. The Bertz CT molecular complexity index is 343. The van der Waals surface area contributed by atoms with Crippen molar-refractivity contribution in [3.63, 3.8) is 0 Å². The van der Waals surface area contributed by atoms with Crippen LogP contribution in [0, 0.1) is 12.3 Å². The van der Waals surface area contributed by atoms with Gasteiger partial charge < -0.3 is 5.11 Å². The van der Waals surface area contributed by atoms with Crippen LogP contribution in [-0.4, -0.2) is 37.0 Å².